The van der Waals surface area contributed by atoms with Crippen LogP contribution in [0, 0.1) is 5.82 Å². The molecule has 0 amide bonds. The zero-order valence-corrected chi connectivity index (χ0v) is 12.3. The second-order valence-electron chi connectivity index (χ2n) is 5.79. The van der Waals surface area contributed by atoms with E-state index in [1.165, 1.54) is 6.07 Å². The third-order valence-electron chi connectivity index (χ3n) is 3.91. The monoisotopic (exact) mass is 285 g/mol. The summed E-state index contributed by atoms with van der Waals surface area (Å²) in [4.78, 5) is 0. The van der Waals surface area contributed by atoms with Crippen molar-refractivity contribution in [1.29, 1.82) is 0 Å². The Bertz CT molecular complexity index is 480. The lowest BCUT2D eigenvalue weighted by Crippen LogP contribution is -2.41. The Labute approximate surface area is 118 Å². The van der Waals surface area contributed by atoms with Crippen LogP contribution in [0.15, 0.2) is 18.2 Å². The van der Waals surface area contributed by atoms with E-state index >= 15 is 0 Å². The molecule has 6 heteroatoms. The lowest BCUT2D eigenvalue weighted by atomic mass is 9.75. The van der Waals surface area contributed by atoms with Crippen molar-refractivity contribution in [1.82, 2.24) is 0 Å². The number of nitrogens with two attached hydrogens (primary N) is 1. The number of hydrogen-bond donors (Lipinski definition) is 1. The normalized spacial score (nSPS) is 22.6. The van der Waals surface area contributed by atoms with E-state index in [0.29, 0.717) is 5.56 Å². The molecule has 2 rings (SSSR count). The maximum atomic E-state index is 13.5. The van der Waals surface area contributed by atoms with Gasteiger partial charge in [-0.05, 0) is 39.3 Å². The van der Waals surface area contributed by atoms with Crippen molar-refractivity contribution in [3.63, 3.8) is 0 Å². The molecule has 0 bridgehead atoms. The van der Waals surface area contributed by atoms with E-state index in [-0.39, 0.29) is 5.02 Å². The van der Waals surface area contributed by atoms with Crippen molar-refractivity contribution in [3.8, 4) is 0 Å². The molecule has 1 aliphatic rings. The van der Waals surface area contributed by atoms with Crippen molar-refractivity contribution < 1.29 is 13.7 Å². The van der Waals surface area contributed by atoms with Gasteiger partial charge in [0.1, 0.15) is 5.82 Å². The lowest BCUT2D eigenvalue weighted by Gasteiger charge is -2.32. The summed E-state index contributed by atoms with van der Waals surface area (Å²) in [6.07, 6.45) is 0. The van der Waals surface area contributed by atoms with Gasteiger partial charge in [-0.3, -0.25) is 0 Å². The van der Waals surface area contributed by atoms with E-state index in [2.05, 4.69) is 0 Å². The molecule has 1 aromatic carbocycles. The Morgan fingerprint density at radius 3 is 2.26 bits per heavy atom. The van der Waals surface area contributed by atoms with Crippen LogP contribution in [0.3, 0.4) is 0 Å². The topological polar surface area (TPSA) is 44.5 Å². The van der Waals surface area contributed by atoms with Crippen LogP contribution >= 0.6 is 11.6 Å². The fraction of sp³-hybridized carbons (Fsp3) is 0.538. The standard InChI is InChI=1S/C13H18BClFNO2/c1-12(2)13(3,4)19-14(18-12)11(17)8-6-5-7-9(16)10(8)15/h5-7,11H,17H2,1-4H3/t11-/m0/s1. The highest BCUT2D eigenvalue weighted by atomic mass is 35.5. The van der Waals surface area contributed by atoms with Crippen LogP contribution in [0.2, 0.25) is 5.02 Å². The summed E-state index contributed by atoms with van der Waals surface area (Å²) in [7, 11) is -0.649. The fourth-order valence-electron chi connectivity index (χ4n) is 1.96. The highest BCUT2D eigenvalue weighted by Gasteiger charge is 2.53. The average Bonchev–Trinajstić information content (AvgIpc) is 2.51. The highest BCUT2D eigenvalue weighted by molar-refractivity contribution is 6.48. The first-order chi connectivity index (χ1) is 8.66. The summed E-state index contributed by atoms with van der Waals surface area (Å²) in [5.41, 5.74) is 5.64. The molecule has 3 nitrogen and oxygen atoms in total. The lowest BCUT2D eigenvalue weighted by molar-refractivity contribution is 0.00578. The van der Waals surface area contributed by atoms with E-state index in [1.807, 2.05) is 27.7 Å². The van der Waals surface area contributed by atoms with Gasteiger partial charge in [-0.25, -0.2) is 4.39 Å². The van der Waals surface area contributed by atoms with Gasteiger partial charge in [-0.1, -0.05) is 23.7 Å². The Kier molecular flexibility index (Phi) is 3.69. The van der Waals surface area contributed by atoms with Crippen molar-refractivity contribution in [2.24, 2.45) is 5.73 Å². The van der Waals surface area contributed by atoms with Gasteiger partial charge in [0.05, 0.1) is 22.2 Å². The number of rotatable bonds is 2. The van der Waals surface area contributed by atoms with E-state index < -0.39 is 30.1 Å². The van der Waals surface area contributed by atoms with Gasteiger partial charge in [0.15, 0.2) is 0 Å². The maximum absolute atomic E-state index is 13.5. The number of halogens is 2. The summed E-state index contributed by atoms with van der Waals surface area (Å²) in [6, 6.07) is 4.55. The summed E-state index contributed by atoms with van der Waals surface area (Å²) in [5, 5.41) is 0.0183. The van der Waals surface area contributed by atoms with Crippen LogP contribution in [0.1, 0.15) is 39.2 Å². The van der Waals surface area contributed by atoms with Crippen LogP contribution in [-0.4, -0.2) is 18.3 Å². The largest absolute Gasteiger partial charge is 0.480 e. The molecule has 0 aliphatic carbocycles. The first-order valence-corrected chi connectivity index (χ1v) is 6.58. The molecular weight excluding hydrogens is 267 g/mol. The van der Waals surface area contributed by atoms with E-state index in [9.17, 15) is 4.39 Å². The van der Waals surface area contributed by atoms with Gasteiger partial charge in [-0.2, -0.15) is 0 Å². The number of benzene rings is 1. The molecule has 1 aromatic rings. The molecule has 1 fully saturated rings. The first kappa shape index (κ1) is 14.8. The SMILES string of the molecule is CC1(C)OB([C@@H](N)c2cccc(F)c2Cl)OC1(C)C. The van der Waals surface area contributed by atoms with Crippen molar-refractivity contribution in [2.75, 3.05) is 0 Å². The van der Waals surface area contributed by atoms with E-state index in [0.717, 1.165) is 0 Å². The van der Waals surface area contributed by atoms with Gasteiger partial charge in [0.25, 0.3) is 0 Å². The molecule has 0 unspecified atom stereocenters. The van der Waals surface area contributed by atoms with Crippen molar-refractivity contribution in [3.05, 3.63) is 34.6 Å². The van der Waals surface area contributed by atoms with Crippen LogP contribution in [0.5, 0.6) is 0 Å². The molecule has 0 spiro atoms. The van der Waals surface area contributed by atoms with Crippen molar-refractivity contribution >= 4 is 18.7 Å². The molecular formula is C13H18BClFNO2. The molecule has 104 valence electrons. The van der Waals surface area contributed by atoms with Crippen LogP contribution in [0.25, 0.3) is 0 Å². The quantitative estimate of drug-likeness (QED) is 0.849. The molecule has 1 saturated heterocycles. The van der Waals surface area contributed by atoms with Crippen LogP contribution in [-0.2, 0) is 9.31 Å². The van der Waals surface area contributed by atoms with Gasteiger partial charge >= 0.3 is 7.12 Å². The van der Waals surface area contributed by atoms with Gasteiger partial charge in [0, 0.05) is 0 Å². The molecule has 0 saturated carbocycles. The summed E-state index contributed by atoms with van der Waals surface area (Å²) in [5.74, 6) is -1.13. The molecule has 1 atom stereocenters. The van der Waals surface area contributed by atoms with E-state index in [4.69, 9.17) is 26.6 Å². The maximum Gasteiger partial charge on any atom is 0.480 e. The molecule has 2 N–H and O–H groups in total. The highest BCUT2D eigenvalue weighted by Crippen LogP contribution is 2.40. The van der Waals surface area contributed by atoms with Crippen LogP contribution in [0.4, 0.5) is 4.39 Å². The minimum absolute atomic E-state index is 0.0183. The fourth-order valence-corrected chi connectivity index (χ4v) is 2.21. The zero-order chi connectivity index (χ0) is 14.4. The minimum Gasteiger partial charge on any atom is -0.402 e. The average molecular weight is 286 g/mol. The Morgan fingerprint density at radius 1 is 1.21 bits per heavy atom. The molecule has 1 heterocycles. The predicted molar refractivity (Wildman–Crippen MR) is 74.4 cm³/mol. The smallest absolute Gasteiger partial charge is 0.402 e. The predicted octanol–water partition coefficient (Wildman–Crippen LogP) is 3.11. The Morgan fingerprint density at radius 2 is 1.74 bits per heavy atom. The minimum atomic E-state index is -0.649. The third kappa shape index (κ3) is 2.52. The first-order valence-electron chi connectivity index (χ1n) is 6.21. The molecule has 0 radical (unpaired) electrons. The number of hydrogen-bond acceptors (Lipinski definition) is 3. The third-order valence-corrected chi connectivity index (χ3v) is 4.30. The van der Waals surface area contributed by atoms with Gasteiger partial charge in [-0.15, -0.1) is 0 Å². The summed E-state index contributed by atoms with van der Waals surface area (Å²) < 4.78 is 25.2. The molecule has 0 aromatic heterocycles. The summed E-state index contributed by atoms with van der Waals surface area (Å²) in [6.45, 7) is 7.75. The Hall–Kier alpha value is -0.615. The zero-order valence-electron chi connectivity index (χ0n) is 11.5. The van der Waals surface area contributed by atoms with E-state index in [1.54, 1.807) is 12.1 Å². The van der Waals surface area contributed by atoms with Crippen molar-refractivity contribution in [2.45, 2.75) is 44.8 Å². The Balaban J connectivity index is 2.27. The second-order valence-corrected chi connectivity index (χ2v) is 6.17. The van der Waals surface area contributed by atoms with Gasteiger partial charge < -0.3 is 15.0 Å². The second kappa shape index (κ2) is 4.74. The van der Waals surface area contributed by atoms with Gasteiger partial charge in [0.2, 0.25) is 0 Å². The summed E-state index contributed by atoms with van der Waals surface area (Å²) >= 11 is 5.94. The van der Waals surface area contributed by atoms with Crippen LogP contribution < -0.4 is 5.73 Å². The molecule has 1 aliphatic heterocycles. The molecule has 19 heavy (non-hydrogen) atoms.